The van der Waals surface area contributed by atoms with Crippen molar-refractivity contribution in [2.24, 2.45) is 5.73 Å². The lowest BCUT2D eigenvalue weighted by Gasteiger charge is -2.05. The Balaban J connectivity index is 2.52. The summed E-state index contributed by atoms with van der Waals surface area (Å²) in [5.74, 6) is 0. The van der Waals surface area contributed by atoms with Crippen LogP contribution in [0.5, 0.6) is 0 Å². The van der Waals surface area contributed by atoms with Gasteiger partial charge in [0.15, 0.2) is 0 Å². The number of nitrogens with zero attached hydrogens (tertiary/aromatic N) is 1. The summed E-state index contributed by atoms with van der Waals surface area (Å²) in [5.41, 5.74) is 5.47. The molecule has 1 aromatic rings. The third kappa shape index (κ3) is 2.93. The molecule has 1 aromatic heterocycles. The molecule has 1 rings (SSSR count). The highest BCUT2D eigenvalue weighted by molar-refractivity contribution is 7.11. The molecule has 0 unspecified atom stereocenters. The maximum atomic E-state index is 5.47. The predicted octanol–water partition coefficient (Wildman–Crippen LogP) is 1.31. The molecule has 3 heteroatoms. The van der Waals surface area contributed by atoms with Gasteiger partial charge in [0.25, 0.3) is 0 Å². The van der Waals surface area contributed by atoms with Gasteiger partial charge in [0.1, 0.15) is 0 Å². The van der Waals surface area contributed by atoms with Gasteiger partial charge in [-0.1, -0.05) is 0 Å². The van der Waals surface area contributed by atoms with Gasteiger partial charge in [0.05, 0.1) is 0 Å². The van der Waals surface area contributed by atoms with Crippen molar-refractivity contribution in [3.8, 4) is 0 Å². The summed E-state index contributed by atoms with van der Waals surface area (Å²) in [6.45, 7) is 1.79. The van der Waals surface area contributed by atoms with E-state index in [4.69, 9.17) is 5.73 Å². The summed E-state index contributed by atoms with van der Waals surface area (Å²) in [5, 5.41) is 0. The average Bonchev–Trinajstić information content (AvgIpc) is 2.36. The van der Waals surface area contributed by atoms with Crippen molar-refractivity contribution in [2.75, 3.05) is 20.6 Å². The van der Waals surface area contributed by atoms with Gasteiger partial charge in [-0.05, 0) is 39.2 Å². The molecule has 2 nitrogen and oxygen atoms in total. The van der Waals surface area contributed by atoms with Crippen LogP contribution in [0.4, 0.5) is 0 Å². The number of thiophene rings is 1. The zero-order valence-electron chi connectivity index (χ0n) is 7.71. The molecule has 0 aliphatic carbocycles. The molecule has 0 saturated heterocycles. The maximum absolute atomic E-state index is 5.47. The van der Waals surface area contributed by atoms with Crippen molar-refractivity contribution in [1.82, 2.24) is 4.90 Å². The monoisotopic (exact) mass is 184 g/mol. The van der Waals surface area contributed by atoms with Crippen molar-refractivity contribution in [3.05, 3.63) is 21.9 Å². The predicted molar refractivity (Wildman–Crippen MR) is 54.5 cm³/mol. The van der Waals surface area contributed by atoms with Crippen molar-refractivity contribution in [2.45, 2.75) is 13.0 Å². The largest absolute Gasteiger partial charge is 0.330 e. The second kappa shape index (κ2) is 4.60. The van der Waals surface area contributed by atoms with Crippen LogP contribution in [-0.2, 0) is 13.0 Å². The van der Waals surface area contributed by atoms with Crippen LogP contribution in [0.3, 0.4) is 0 Å². The van der Waals surface area contributed by atoms with E-state index in [1.54, 1.807) is 0 Å². The van der Waals surface area contributed by atoms with E-state index in [2.05, 4.69) is 31.1 Å². The molecule has 0 bridgehead atoms. The van der Waals surface area contributed by atoms with E-state index in [0.717, 1.165) is 19.5 Å². The highest BCUT2D eigenvalue weighted by Crippen LogP contribution is 2.17. The fourth-order valence-electron chi connectivity index (χ4n) is 1.10. The Morgan fingerprint density at radius 2 is 2.00 bits per heavy atom. The molecule has 0 amide bonds. The number of hydrogen-bond acceptors (Lipinski definition) is 3. The molecule has 12 heavy (non-hydrogen) atoms. The van der Waals surface area contributed by atoms with Gasteiger partial charge in [0, 0.05) is 16.3 Å². The summed E-state index contributed by atoms with van der Waals surface area (Å²) in [4.78, 5) is 5.00. The molecule has 0 fully saturated rings. The molecule has 68 valence electrons. The Hall–Kier alpha value is -0.380. The highest BCUT2D eigenvalue weighted by atomic mass is 32.1. The second-order valence-corrected chi connectivity index (χ2v) is 4.40. The smallest absolute Gasteiger partial charge is 0.0321 e. The Bertz CT molecular complexity index is 230. The first kappa shape index (κ1) is 9.71. The van der Waals surface area contributed by atoms with E-state index < -0.39 is 0 Å². The van der Waals surface area contributed by atoms with Crippen LogP contribution >= 0.6 is 11.3 Å². The quantitative estimate of drug-likeness (QED) is 0.764. The SMILES string of the molecule is CN(C)Cc1ccc(CCN)s1. The fourth-order valence-corrected chi connectivity index (χ4v) is 2.25. The van der Waals surface area contributed by atoms with E-state index >= 15 is 0 Å². The highest BCUT2D eigenvalue weighted by Gasteiger charge is 1.99. The lowest BCUT2D eigenvalue weighted by Crippen LogP contribution is -2.09. The number of nitrogens with two attached hydrogens (primary N) is 1. The van der Waals surface area contributed by atoms with E-state index in [0.29, 0.717) is 0 Å². The van der Waals surface area contributed by atoms with Crippen LogP contribution < -0.4 is 5.73 Å². The molecule has 0 spiro atoms. The minimum absolute atomic E-state index is 0.752. The Morgan fingerprint density at radius 3 is 2.58 bits per heavy atom. The van der Waals surface area contributed by atoms with E-state index in [1.165, 1.54) is 9.75 Å². The lowest BCUT2D eigenvalue weighted by atomic mass is 10.3. The van der Waals surface area contributed by atoms with E-state index in [1.807, 2.05) is 11.3 Å². The average molecular weight is 184 g/mol. The minimum atomic E-state index is 0.752. The van der Waals surface area contributed by atoms with Crippen LogP contribution in [0.15, 0.2) is 12.1 Å². The Labute approximate surface area is 78.0 Å². The summed E-state index contributed by atoms with van der Waals surface area (Å²) < 4.78 is 0. The number of rotatable bonds is 4. The van der Waals surface area contributed by atoms with Crippen molar-refractivity contribution < 1.29 is 0 Å². The molecule has 0 saturated carbocycles. The van der Waals surface area contributed by atoms with Crippen LogP contribution in [-0.4, -0.2) is 25.5 Å². The van der Waals surface area contributed by atoms with Crippen molar-refractivity contribution >= 4 is 11.3 Å². The zero-order chi connectivity index (χ0) is 8.97. The van der Waals surface area contributed by atoms with Gasteiger partial charge in [0.2, 0.25) is 0 Å². The first-order chi connectivity index (χ1) is 5.72. The topological polar surface area (TPSA) is 29.3 Å². The first-order valence-electron chi connectivity index (χ1n) is 4.14. The normalized spacial score (nSPS) is 11.0. The molecule has 0 aromatic carbocycles. The van der Waals surface area contributed by atoms with Crippen molar-refractivity contribution in [1.29, 1.82) is 0 Å². The van der Waals surface area contributed by atoms with E-state index in [-0.39, 0.29) is 0 Å². The third-order valence-corrected chi connectivity index (χ3v) is 2.71. The molecule has 1 heterocycles. The van der Waals surface area contributed by atoms with Crippen LogP contribution in [0.1, 0.15) is 9.75 Å². The van der Waals surface area contributed by atoms with Crippen LogP contribution in [0, 0.1) is 0 Å². The lowest BCUT2D eigenvalue weighted by molar-refractivity contribution is 0.406. The van der Waals surface area contributed by atoms with Gasteiger partial charge in [-0.3, -0.25) is 0 Å². The minimum Gasteiger partial charge on any atom is -0.330 e. The standard InChI is InChI=1S/C9H16N2S/c1-11(2)7-9-4-3-8(12-9)5-6-10/h3-4H,5-7,10H2,1-2H3. The summed E-state index contributed by atoms with van der Waals surface area (Å²) in [7, 11) is 4.17. The maximum Gasteiger partial charge on any atom is 0.0321 e. The van der Waals surface area contributed by atoms with Gasteiger partial charge in [-0.25, -0.2) is 0 Å². The van der Waals surface area contributed by atoms with Gasteiger partial charge >= 0.3 is 0 Å². The molecule has 0 atom stereocenters. The number of hydrogen-bond donors (Lipinski definition) is 1. The zero-order valence-corrected chi connectivity index (χ0v) is 8.53. The molecular formula is C9H16N2S. The molecular weight excluding hydrogens is 168 g/mol. The Morgan fingerprint density at radius 1 is 1.33 bits per heavy atom. The molecule has 0 radical (unpaired) electrons. The van der Waals surface area contributed by atoms with Crippen molar-refractivity contribution in [3.63, 3.8) is 0 Å². The molecule has 0 aliphatic rings. The van der Waals surface area contributed by atoms with E-state index in [9.17, 15) is 0 Å². The van der Waals surface area contributed by atoms with Crippen LogP contribution in [0.2, 0.25) is 0 Å². The molecule has 0 aliphatic heterocycles. The first-order valence-corrected chi connectivity index (χ1v) is 4.96. The van der Waals surface area contributed by atoms with Crippen LogP contribution in [0.25, 0.3) is 0 Å². The van der Waals surface area contributed by atoms with Gasteiger partial charge < -0.3 is 10.6 Å². The second-order valence-electron chi connectivity index (χ2n) is 3.14. The third-order valence-electron chi connectivity index (χ3n) is 1.58. The summed E-state index contributed by atoms with van der Waals surface area (Å²) >= 11 is 1.86. The molecule has 2 N–H and O–H groups in total. The van der Waals surface area contributed by atoms with Gasteiger partial charge in [-0.15, -0.1) is 11.3 Å². The summed E-state index contributed by atoms with van der Waals surface area (Å²) in [6, 6.07) is 4.37. The summed E-state index contributed by atoms with van der Waals surface area (Å²) in [6.07, 6.45) is 1.01. The fraction of sp³-hybridized carbons (Fsp3) is 0.556. The van der Waals surface area contributed by atoms with Gasteiger partial charge in [-0.2, -0.15) is 0 Å². The Kier molecular flexibility index (Phi) is 3.72.